The second-order valence-corrected chi connectivity index (χ2v) is 9.54. The molecule has 2 unspecified atom stereocenters. The zero-order valence-electron chi connectivity index (χ0n) is 15.9. The van der Waals surface area contributed by atoms with E-state index in [-0.39, 0.29) is 35.6 Å². The Morgan fingerprint density at radius 2 is 2.00 bits per heavy atom. The smallest absolute Gasteiger partial charge is 0.294 e. The van der Waals surface area contributed by atoms with Gasteiger partial charge in [0.2, 0.25) is 5.91 Å². The molecule has 2 fully saturated rings. The fourth-order valence-corrected chi connectivity index (χ4v) is 5.25. The maximum atomic E-state index is 12.7. The predicted octanol–water partition coefficient (Wildman–Crippen LogP) is 2.37. The van der Waals surface area contributed by atoms with Crippen LogP contribution in [0.1, 0.15) is 39.5 Å². The minimum absolute atomic E-state index is 0.0411. The molecule has 0 spiro atoms. The van der Waals surface area contributed by atoms with Crippen LogP contribution in [-0.4, -0.2) is 57.7 Å². The molecule has 2 aliphatic rings. The van der Waals surface area contributed by atoms with Gasteiger partial charge in [-0.25, -0.2) is 0 Å². The fraction of sp³-hybridized carbons (Fsp3) is 0.882. The molecule has 1 N–H and O–H groups in total. The summed E-state index contributed by atoms with van der Waals surface area (Å²) in [6.07, 6.45) is 3.99. The first kappa shape index (κ1) is 22.3. The van der Waals surface area contributed by atoms with Crippen LogP contribution in [0.2, 0.25) is 0 Å². The van der Waals surface area contributed by atoms with Crippen LogP contribution in [0.15, 0.2) is 0 Å². The number of rotatable bonds is 9. The van der Waals surface area contributed by atoms with Gasteiger partial charge in [0.1, 0.15) is 0 Å². The molecule has 0 aromatic rings. The topological polar surface area (TPSA) is 102 Å². The third kappa shape index (κ3) is 7.50. The van der Waals surface area contributed by atoms with E-state index in [4.69, 9.17) is 0 Å². The average molecular weight is 420 g/mol. The first-order chi connectivity index (χ1) is 12.9. The van der Waals surface area contributed by atoms with E-state index in [1.807, 2.05) is 11.8 Å². The molecule has 1 saturated heterocycles. The van der Waals surface area contributed by atoms with Crippen LogP contribution in [0, 0.1) is 27.9 Å². The van der Waals surface area contributed by atoms with Crippen molar-refractivity contribution in [3.8, 4) is 0 Å². The average Bonchev–Trinajstić information content (AvgIpc) is 3.11. The number of nitrogens with zero attached hydrogens (tertiary/aromatic N) is 2. The van der Waals surface area contributed by atoms with E-state index in [9.17, 15) is 19.7 Å². The van der Waals surface area contributed by atoms with Gasteiger partial charge in [0.05, 0.1) is 18.6 Å². The molecule has 2 atom stereocenters. The van der Waals surface area contributed by atoms with Crippen molar-refractivity contribution in [1.29, 1.82) is 0 Å². The molecule has 10 heteroatoms. The van der Waals surface area contributed by atoms with Gasteiger partial charge < -0.3 is 9.74 Å². The Kier molecular flexibility index (Phi) is 9.17. The van der Waals surface area contributed by atoms with Gasteiger partial charge in [0, 0.05) is 24.3 Å². The fourth-order valence-electron chi connectivity index (χ4n) is 3.50. The van der Waals surface area contributed by atoms with Gasteiger partial charge in [0.25, 0.3) is 5.09 Å². The molecule has 1 heterocycles. The first-order valence-corrected chi connectivity index (χ1v) is 11.5. The van der Waals surface area contributed by atoms with Gasteiger partial charge in [-0.05, 0) is 44.1 Å². The van der Waals surface area contributed by atoms with Crippen molar-refractivity contribution in [3.05, 3.63) is 10.1 Å². The van der Waals surface area contributed by atoms with E-state index in [0.717, 1.165) is 38.0 Å². The number of thioether (sulfide) groups is 2. The summed E-state index contributed by atoms with van der Waals surface area (Å²) in [5.41, 5.74) is 0. The molecule has 1 aliphatic heterocycles. The standard InChI is InChI=1S/C17H29N3O5S2/c1-12(9-27-13(2)21)17(22)19-11-26-10-16(19)18-7-14-3-5-15(6-4-14)8-25-20(23)24/h12,14-16,18H,3-11H2,1-2H3. The SMILES string of the molecule is CC(=O)SCC(C)C(=O)N1CSCC1NCC1CCC(CO[N+](=O)[O-])CC1. The van der Waals surface area contributed by atoms with Crippen LogP contribution in [0.4, 0.5) is 0 Å². The molecule has 0 aromatic carbocycles. The van der Waals surface area contributed by atoms with Crippen LogP contribution >= 0.6 is 23.5 Å². The number of amides is 1. The van der Waals surface area contributed by atoms with Gasteiger partial charge in [-0.2, -0.15) is 0 Å². The maximum Gasteiger partial charge on any atom is 0.294 e. The Hall–Kier alpha value is -1.00. The van der Waals surface area contributed by atoms with Crippen molar-refractivity contribution in [2.75, 3.05) is 30.5 Å². The zero-order valence-corrected chi connectivity index (χ0v) is 17.6. The van der Waals surface area contributed by atoms with Crippen molar-refractivity contribution in [1.82, 2.24) is 10.2 Å². The van der Waals surface area contributed by atoms with Crippen molar-refractivity contribution < 1.29 is 19.5 Å². The van der Waals surface area contributed by atoms with Crippen LogP contribution < -0.4 is 5.32 Å². The highest BCUT2D eigenvalue weighted by Crippen LogP contribution is 2.29. The van der Waals surface area contributed by atoms with Crippen LogP contribution in [0.3, 0.4) is 0 Å². The summed E-state index contributed by atoms with van der Waals surface area (Å²) in [5, 5.41) is 13.1. The molecule has 0 bridgehead atoms. The van der Waals surface area contributed by atoms with E-state index in [0.29, 0.717) is 17.5 Å². The summed E-state index contributed by atoms with van der Waals surface area (Å²) in [5.74, 6) is 2.83. The molecule has 1 saturated carbocycles. The second-order valence-electron chi connectivity index (χ2n) is 7.34. The summed E-state index contributed by atoms with van der Waals surface area (Å²) in [7, 11) is 0. The molecule has 0 aromatic heterocycles. The van der Waals surface area contributed by atoms with Gasteiger partial charge in [0.15, 0.2) is 5.12 Å². The number of hydrogen-bond acceptors (Lipinski definition) is 8. The number of nitrogens with one attached hydrogen (secondary N) is 1. The Labute approximate surface area is 168 Å². The molecular weight excluding hydrogens is 390 g/mol. The lowest BCUT2D eigenvalue weighted by Crippen LogP contribution is -2.49. The van der Waals surface area contributed by atoms with Crippen LogP contribution in [-0.2, 0) is 14.4 Å². The molecule has 154 valence electrons. The molecule has 8 nitrogen and oxygen atoms in total. The van der Waals surface area contributed by atoms with Crippen molar-refractivity contribution in [3.63, 3.8) is 0 Å². The van der Waals surface area contributed by atoms with E-state index in [2.05, 4.69) is 10.2 Å². The van der Waals surface area contributed by atoms with E-state index in [1.54, 1.807) is 11.8 Å². The molecule has 27 heavy (non-hydrogen) atoms. The van der Waals surface area contributed by atoms with Gasteiger partial charge in [-0.3, -0.25) is 14.9 Å². The first-order valence-electron chi connectivity index (χ1n) is 9.39. The highest BCUT2D eigenvalue weighted by Gasteiger charge is 2.32. The summed E-state index contributed by atoms with van der Waals surface area (Å²) < 4.78 is 0. The van der Waals surface area contributed by atoms with Crippen LogP contribution in [0.25, 0.3) is 0 Å². The lowest BCUT2D eigenvalue weighted by Gasteiger charge is -2.31. The molecule has 1 amide bonds. The zero-order chi connectivity index (χ0) is 19.8. The Morgan fingerprint density at radius 1 is 1.33 bits per heavy atom. The van der Waals surface area contributed by atoms with Crippen molar-refractivity contribution in [2.24, 2.45) is 17.8 Å². The third-order valence-corrected chi connectivity index (χ3v) is 7.23. The third-order valence-electron chi connectivity index (χ3n) is 5.15. The Morgan fingerprint density at radius 3 is 2.63 bits per heavy atom. The Bertz CT molecular complexity index is 529. The minimum atomic E-state index is -0.715. The lowest BCUT2D eigenvalue weighted by atomic mass is 9.82. The van der Waals surface area contributed by atoms with E-state index in [1.165, 1.54) is 18.7 Å². The van der Waals surface area contributed by atoms with Gasteiger partial charge in [-0.1, -0.05) is 18.7 Å². The molecule has 2 rings (SSSR count). The summed E-state index contributed by atoms with van der Waals surface area (Å²) in [4.78, 5) is 40.5. The van der Waals surface area contributed by atoms with Crippen LogP contribution in [0.5, 0.6) is 0 Å². The van der Waals surface area contributed by atoms with Crippen molar-refractivity contribution in [2.45, 2.75) is 45.7 Å². The minimum Gasteiger partial charge on any atom is -0.317 e. The number of hydrogen-bond donors (Lipinski definition) is 1. The second kappa shape index (κ2) is 11.1. The predicted molar refractivity (Wildman–Crippen MR) is 107 cm³/mol. The quantitative estimate of drug-likeness (QED) is 0.449. The lowest BCUT2D eigenvalue weighted by molar-refractivity contribution is -0.759. The van der Waals surface area contributed by atoms with Crippen molar-refractivity contribution >= 4 is 34.5 Å². The highest BCUT2D eigenvalue weighted by molar-refractivity contribution is 8.13. The summed E-state index contributed by atoms with van der Waals surface area (Å²) in [6, 6.07) is 0. The molecule has 1 aliphatic carbocycles. The van der Waals surface area contributed by atoms with Gasteiger partial charge in [-0.15, -0.1) is 21.9 Å². The van der Waals surface area contributed by atoms with E-state index < -0.39 is 5.09 Å². The number of carbonyl (C=O) groups excluding carboxylic acids is 2. The maximum absolute atomic E-state index is 12.7. The molecule has 0 radical (unpaired) electrons. The normalized spacial score (nSPS) is 26.6. The van der Waals surface area contributed by atoms with E-state index >= 15 is 0 Å². The largest absolute Gasteiger partial charge is 0.317 e. The molecular formula is C17H29N3O5S2. The number of carbonyl (C=O) groups is 2. The monoisotopic (exact) mass is 419 g/mol. The Balaban J connectivity index is 1.71. The highest BCUT2D eigenvalue weighted by atomic mass is 32.2. The summed E-state index contributed by atoms with van der Waals surface area (Å²) >= 11 is 2.95. The van der Waals surface area contributed by atoms with Gasteiger partial charge >= 0.3 is 0 Å². The summed E-state index contributed by atoms with van der Waals surface area (Å²) in [6.45, 7) is 4.46.